The van der Waals surface area contributed by atoms with E-state index in [2.05, 4.69) is 18.4 Å². The van der Waals surface area contributed by atoms with E-state index in [1.54, 1.807) is 0 Å². The van der Waals surface area contributed by atoms with Crippen molar-refractivity contribution >= 4 is 17.7 Å². The van der Waals surface area contributed by atoms with E-state index in [1.165, 1.54) is 51.0 Å². The molecule has 1 aromatic heterocycles. The largest absolute Gasteiger partial charge is 0.472 e. The third-order valence-corrected chi connectivity index (χ3v) is 3.26. The predicted molar refractivity (Wildman–Crippen MR) is 85.9 cm³/mol. The Labute approximate surface area is 140 Å². The normalized spacial score (nSPS) is 10.6. The van der Waals surface area contributed by atoms with Crippen LogP contribution in [0.3, 0.4) is 0 Å². The molecule has 126 valence electrons. The fourth-order valence-electron chi connectivity index (χ4n) is 1.98. The van der Waals surface area contributed by atoms with Gasteiger partial charge in [0, 0.05) is 6.42 Å². The number of carbonyl (C=O) groups excluding carboxylic acids is 3. The molecular formula is C18H18O6. The molecule has 6 nitrogen and oxygen atoms in total. The van der Waals surface area contributed by atoms with Crippen LogP contribution in [0.15, 0.2) is 47.8 Å². The molecule has 1 heterocycles. The Morgan fingerprint density at radius 1 is 1.29 bits per heavy atom. The van der Waals surface area contributed by atoms with Crippen molar-refractivity contribution in [2.75, 3.05) is 14.2 Å². The maximum Gasteiger partial charge on any atom is 0.324 e. The SMILES string of the molecule is C=CCC(CC#C/C=C/C(=O)c1ccoc1)(C(=O)OC)C(=O)OC. The molecule has 0 spiro atoms. The fourth-order valence-corrected chi connectivity index (χ4v) is 1.98. The van der Waals surface area contributed by atoms with Crippen LogP contribution in [-0.4, -0.2) is 31.9 Å². The van der Waals surface area contributed by atoms with E-state index >= 15 is 0 Å². The van der Waals surface area contributed by atoms with Gasteiger partial charge in [-0.3, -0.25) is 14.4 Å². The summed E-state index contributed by atoms with van der Waals surface area (Å²) < 4.78 is 14.2. The second kappa shape index (κ2) is 9.16. The minimum Gasteiger partial charge on any atom is -0.472 e. The van der Waals surface area contributed by atoms with Crippen LogP contribution in [0.1, 0.15) is 23.2 Å². The highest BCUT2D eigenvalue weighted by Gasteiger charge is 2.46. The summed E-state index contributed by atoms with van der Waals surface area (Å²) in [6, 6.07) is 1.53. The van der Waals surface area contributed by atoms with Gasteiger partial charge in [-0.15, -0.1) is 6.58 Å². The zero-order valence-electron chi connectivity index (χ0n) is 13.5. The van der Waals surface area contributed by atoms with Crippen LogP contribution in [0.2, 0.25) is 0 Å². The molecule has 0 saturated heterocycles. The van der Waals surface area contributed by atoms with Gasteiger partial charge in [-0.05, 0) is 24.6 Å². The number of methoxy groups -OCH3 is 2. The monoisotopic (exact) mass is 330 g/mol. The van der Waals surface area contributed by atoms with Gasteiger partial charge >= 0.3 is 11.9 Å². The number of rotatable bonds is 7. The van der Waals surface area contributed by atoms with Crippen molar-refractivity contribution in [3.8, 4) is 11.8 Å². The molecule has 0 bridgehead atoms. The molecule has 1 rings (SSSR count). The van der Waals surface area contributed by atoms with Crippen LogP contribution < -0.4 is 0 Å². The molecule has 0 amide bonds. The third-order valence-electron chi connectivity index (χ3n) is 3.26. The van der Waals surface area contributed by atoms with E-state index < -0.39 is 17.4 Å². The van der Waals surface area contributed by atoms with Crippen LogP contribution >= 0.6 is 0 Å². The van der Waals surface area contributed by atoms with Crippen LogP contribution in [-0.2, 0) is 19.1 Å². The lowest BCUT2D eigenvalue weighted by molar-refractivity contribution is -0.168. The lowest BCUT2D eigenvalue weighted by atomic mass is 9.81. The highest BCUT2D eigenvalue weighted by atomic mass is 16.5. The van der Waals surface area contributed by atoms with Gasteiger partial charge in [-0.1, -0.05) is 17.9 Å². The molecular weight excluding hydrogens is 312 g/mol. The van der Waals surface area contributed by atoms with Crippen LogP contribution in [0, 0.1) is 17.3 Å². The first-order valence-corrected chi connectivity index (χ1v) is 7.01. The molecule has 0 aliphatic carbocycles. The van der Waals surface area contributed by atoms with Crippen molar-refractivity contribution < 1.29 is 28.3 Å². The molecule has 1 aromatic rings. The average Bonchev–Trinajstić information content (AvgIpc) is 3.13. The number of esters is 2. The van der Waals surface area contributed by atoms with Crippen LogP contribution in [0.5, 0.6) is 0 Å². The van der Waals surface area contributed by atoms with Crippen molar-refractivity contribution in [2.45, 2.75) is 12.8 Å². The molecule has 0 atom stereocenters. The highest BCUT2D eigenvalue weighted by Crippen LogP contribution is 2.30. The Kier molecular flexibility index (Phi) is 7.24. The minimum absolute atomic E-state index is 0.0265. The summed E-state index contributed by atoms with van der Waals surface area (Å²) in [5.41, 5.74) is -1.17. The first-order chi connectivity index (χ1) is 11.5. The zero-order valence-corrected chi connectivity index (χ0v) is 13.5. The Morgan fingerprint density at radius 3 is 2.46 bits per heavy atom. The Balaban J connectivity index is 2.89. The third kappa shape index (κ3) is 4.46. The Bertz CT molecular complexity index is 669. The number of hydrogen-bond acceptors (Lipinski definition) is 6. The van der Waals surface area contributed by atoms with Gasteiger partial charge in [-0.2, -0.15) is 0 Å². The molecule has 0 aliphatic heterocycles. The number of carbonyl (C=O) groups is 3. The average molecular weight is 330 g/mol. The van der Waals surface area contributed by atoms with Gasteiger partial charge in [0.1, 0.15) is 6.26 Å². The van der Waals surface area contributed by atoms with Gasteiger partial charge in [0.05, 0.1) is 26.0 Å². The van der Waals surface area contributed by atoms with Crippen molar-refractivity contribution in [1.29, 1.82) is 0 Å². The van der Waals surface area contributed by atoms with Gasteiger partial charge < -0.3 is 13.9 Å². The molecule has 0 aromatic carbocycles. The topological polar surface area (TPSA) is 82.8 Å². The molecule has 0 fully saturated rings. The predicted octanol–water partition coefficient (Wildman–Crippen LogP) is 2.32. The molecule has 0 saturated carbocycles. The summed E-state index contributed by atoms with van der Waals surface area (Å²) in [6.45, 7) is 3.54. The number of allylic oxidation sites excluding steroid dienone is 3. The summed E-state index contributed by atoms with van der Waals surface area (Å²) in [5, 5.41) is 0. The maximum absolute atomic E-state index is 12.0. The number of furan rings is 1. The minimum atomic E-state index is -1.57. The number of hydrogen-bond donors (Lipinski definition) is 0. The molecule has 6 heteroatoms. The van der Waals surface area contributed by atoms with E-state index in [9.17, 15) is 14.4 Å². The van der Waals surface area contributed by atoms with Crippen molar-refractivity contribution in [3.63, 3.8) is 0 Å². The second-order valence-electron chi connectivity index (χ2n) is 4.77. The lowest BCUT2D eigenvalue weighted by Crippen LogP contribution is -2.40. The van der Waals surface area contributed by atoms with Crippen LogP contribution in [0.25, 0.3) is 0 Å². The van der Waals surface area contributed by atoms with Gasteiger partial charge in [0.25, 0.3) is 0 Å². The quantitative estimate of drug-likeness (QED) is 0.190. The van der Waals surface area contributed by atoms with Crippen molar-refractivity contribution in [3.05, 3.63) is 49.0 Å². The molecule has 0 aliphatic rings. The van der Waals surface area contributed by atoms with E-state index in [1.807, 2.05) is 0 Å². The maximum atomic E-state index is 12.0. The van der Waals surface area contributed by atoms with E-state index in [-0.39, 0.29) is 18.6 Å². The standard InChI is InChI=1S/C18H18O6/c1-4-10-18(16(20)22-2,17(21)23-3)11-7-5-6-8-15(19)14-9-12-24-13-14/h4,6,8-9,12-13H,1,10-11H2,2-3H3/b8-6+. The molecule has 0 unspecified atom stereocenters. The van der Waals surface area contributed by atoms with Crippen molar-refractivity contribution in [2.24, 2.45) is 5.41 Å². The first kappa shape index (κ1) is 19.0. The molecule has 0 radical (unpaired) electrons. The van der Waals surface area contributed by atoms with E-state index in [0.29, 0.717) is 5.56 Å². The zero-order chi connectivity index (χ0) is 18.0. The van der Waals surface area contributed by atoms with Gasteiger partial charge in [-0.25, -0.2) is 0 Å². The smallest absolute Gasteiger partial charge is 0.324 e. The van der Waals surface area contributed by atoms with E-state index in [4.69, 9.17) is 13.9 Å². The molecule has 0 N–H and O–H groups in total. The summed E-state index contributed by atoms with van der Waals surface area (Å²) >= 11 is 0. The Morgan fingerprint density at radius 2 is 1.96 bits per heavy atom. The van der Waals surface area contributed by atoms with Crippen LogP contribution in [0.4, 0.5) is 0 Å². The van der Waals surface area contributed by atoms with Gasteiger partial charge in [0.2, 0.25) is 0 Å². The molecule has 24 heavy (non-hydrogen) atoms. The first-order valence-electron chi connectivity index (χ1n) is 7.01. The lowest BCUT2D eigenvalue weighted by Gasteiger charge is -2.24. The summed E-state index contributed by atoms with van der Waals surface area (Å²) in [4.78, 5) is 35.8. The highest BCUT2D eigenvalue weighted by molar-refractivity contribution is 6.04. The number of ether oxygens (including phenoxy) is 2. The summed E-state index contributed by atoms with van der Waals surface area (Å²) in [7, 11) is 2.36. The second-order valence-corrected chi connectivity index (χ2v) is 4.77. The number of ketones is 1. The van der Waals surface area contributed by atoms with Crippen molar-refractivity contribution in [1.82, 2.24) is 0 Å². The Hall–Kier alpha value is -3.07. The van der Waals surface area contributed by atoms with E-state index in [0.717, 1.165) is 0 Å². The summed E-state index contributed by atoms with van der Waals surface area (Å²) in [6.07, 6.45) is 6.65. The van der Waals surface area contributed by atoms with Gasteiger partial charge in [0.15, 0.2) is 11.2 Å². The summed E-state index contributed by atoms with van der Waals surface area (Å²) in [5.74, 6) is 3.53. The fraction of sp³-hybridized carbons (Fsp3) is 0.278.